The van der Waals surface area contributed by atoms with Crippen molar-refractivity contribution in [1.29, 1.82) is 0 Å². The number of carboxylic acids is 1. The number of carbonyl (C=O) groups is 1. The fraction of sp³-hybridized carbons (Fsp3) is 0.500. The molecule has 0 aromatic heterocycles. The van der Waals surface area contributed by atoms with Crippen LogP contribution in [-0.4, -0.2) is 17.4 Å². The summed E-state index contributed by atoms with van der Waals surface area (Å²) in [7, 11) is 0. The third kappa shape index (κ3) is 4.54. The number of nitrogen functional groups attached to an aromatic ring is 1. The topological polar surface area (TPSA) is 72.5 Å². The molecule has 1 aromatic rings. The van der Waals surface area contributed by atoms with Gasteiger partial charge in [0.2, 0.25) is 0 Å². The zero-order valence-electron chi connectivity index (χ0n) is 11.9. The normalized spacial score (nSPS) is 14.8. The maximum Gasteiger partial charge on any atom is 0.573 e. The molecule has 3 N–H and O–H groups in total. The molecule has 1 aromatic carbocycles. The average molecular weight is 305 g/mol. The fourth-order valence-corrected chi connectivity index (χ4v) is 2.05. The van der Waals surface area contributed by atoms with Crippen molar-refractivity contribution in [3.8, 4) is 5.75 Å². The van der Waals surface area contributed by atoms with Crippen LogP contribution in [0.4, 0.5) is 18.9 Å². The van der Waals surface area contributed by atoms with Crippen LogP contribution in [0.15, 0.2) is 18.2 Å². The van der Waals surface area contributed by atoms with Gasteiger partial charge in [0.05, 0.1) is 5.92 Å². The molecule has 0 saturated carbocycles. The van der Waals surface area contributed by atoms with Gasteiger partial charge in [-0.3, -0.25) is 4.79 Å². The van der Waals surface area contributed by atoms with E-state index < -0.39 is 24.0 Å². The van der Waals surface area contributed by atoms with E-state index >= 15 is 0 Å². The number of ether oxygens (including phenoxy) is 1. The highest BCUT2D eigenvalue weighted by molar-refractivity contribution is 5.79. The molecule has 4 nitrogen and oxygen atoms in total. The van der Waals surface area contributed by atoms with E-state index in [1.807, 2.05) is 13.8 Å². The molecule has 0 aliphatic carbocycles. The predicted octanol–water partition coefficient (Wildman–Crippen LogP) is 3.63. The van der Waals surface area contributed by atoms with E-state index in [2.05, 4.69) is 4.74 Å². The van der Waals surface area contributed by atoms with E-state index in [1.54, 1.807) is 6.92 Å². The summed E-state index contributed by atoms with van der Waals surface area (Å²) in [6, 6.07) is 3.32. The minimum absolute atomic E-state index is 0.0256. The van der Waals surface area contributed by atoms with Crippen LogP contribution in [0, 0.1) is 11.8 Å². The Labute approximate surface area is 120 Å². The number of alkyl halides is 3. The molecule has 0 saturated heterocycles. The van der Waals surface area contributed by atoms with E-state index in [9.17, 15) is 23.1 Å². The summed E-state index contributed by atoms with van der Waals surface area (Å²) in [6.07, 6.45) is -4.84. The summed E-state index contributed by atoms with van der Waals surface area (Å²) in [6.45, 7) is 5.40. The highest BCUT2D eigenvalue weighted by Crippen LogP contribution is 2.36. The van der Waals surface area contributed by atoms with Crippen LogP contribution < -0.4 is 10.5 Å². The summed E-state index contributed by atoms with van der Waals surface area (Å²) < 4.78 is 40.6. The first-order valence-corrected chi connectivity index (χ1v) is 6.41. The van der Waals surface area contributed by atoms with Crippen LogP contribution >= 0.6 is 0 Å². The SMILES string of the molecule is CC(C)C(C)C(C(=O)O)c1cc(OC(F)(F)F)ccc1N. The number of halogens is 3. The molecule has 0 bridgehead atoms. The Morgan fingerprint density at radius 3 is 2.29 bits per heavy atom. The summed E-state index contributed by atoms with van der Waals surface area (Å²) >= 11 is 0. The van der Waals surface area contributed by atoms with Gasteiger partial charge in [-0.05, 0) is 35.6 Å². The summed E-state index contributed by atoms with van der Waals surface area (Å²) in [5, 5.41) is 9.38. The fourth-order valence-electron chi connectivity index (χ4n) is 2.05. The summed E-state index contributed by atoms with van der Waals surface area (Å²) in [4.78, 5) is 11.5. The second kappa shape index (κ2) is 6.24. The van der Waals surface area contributed by atoms with Crippen molar-refractivity contribution in [2.75, 3.05) is 5.73 Å². The molecule has 21 heavy (non-hydrogen) atoms. The minimum atomic E-state index is -4.84. The van der Waals surface area contributed by atoms with Crippen molar-refractivity contribution >= 4 is 11.7 Å². The number of anilines is 1. The molecule has 0 aliphatic heterocycles. The number of aliphatic carboxylic acids is 1. The third-order valence-electron chi connectivity index (χ3n) is 3.47. The number of carboxylic acid groups (broad SMARTS) is 1. The van der Waals surface area contributed by atoms with Gasteiger partial charge in [-0.25, -0.2) is 0 Å². The van der Waals surface area contributed by atoms with Gasteiger partial charge in [0.1, 0.15) is 5.75 Å². The van der Waals surface area contributed by atoms with E-state index in [-0.39, 0.29) is 23.1 Å². The van der Waals surface area contributed by atoms with Gasteiger partial charge in [-0.2, -0.15) is 0 Å². The van der Waals surface area contributed by atoms with Crippen LogP contribution in [0.25, 0.3) is 0 Å². The van der Waals surface area contributed by atoms with Crippen molar-refractivity contribution in [3.63, 3.8) is 0 Å². The maximum atomic E-state index is 12.3. The largest absolute Gasteiger partial charge is 0.573 e. The molecule has 2 atom stereocenters. The molecule has 0 aliphatic rings. The number of hydrogen-bond donors (Lipinski definition) is 2. The number of benzene rings is 1. The molecule has 0 fully saturated rings. The van der Waals surface area contributed by atoms with Crippen LogP contribution in [0.2, 0.25) is 0 Å². The zero-order chi connectivity index (χ0) is 16.4. The Morgan fingerprint density at radius 1 is 1.29 bits per heavy atom. The summed E-state index contributed by atoms with van der Waals surface area (Å²) in [5.41, 5.74) is 5.99. The van der Waals surface area contributed by atoms with Crippen LogP contribution in [-0.2, 0) is 4.79 Å². The molecule has 2 unspecified atom stereocenters. The minimum Gasteiger partial charge on any atom is -0.481 e. The molecule has 0 radical (unpaired) electrons. The van der Waals surface area contributed by atoms with Crippen molar-refractivity contribution in [1.82, 2.24) is 0 Å². The monoisotopic (exact) mass is 305 g/mol. The lowest BCUT2D eigenvalue weighted by atomic mass is 9.80. The lowest BCUT2D eigenvalue weighted by Gasteiger charge is -2.25. The second-order valence-corrected chi connectivity index (χ2v) is 5.26. The molecule has 118 valence electrons. The van der Waals surface area contributed by atoms with E-state index in [0.717, 1.165) is 12.1 Å². The lowest BCUT2D eigenvalue weighted by molar-refractivity contribution is -0.274. The number of nitrogens with two attached hydrogens (primary N) is 1. The van der Waals surface area contributed by atoms with Gasteiger partial charge in [-0.1, -0.05) is 20.8 Å². The second-order valence-electron chi connectivity index (χ2n) is 5.26. The molecule has 1 rings (SSSR count). The highest BCUT2D eigenvalue weighted by Gasteiger charge is 2.33. The predicted molar refractivity (Wildman–Crippen MR) is 71.9 cm³/mol. The van der Waals surface area contributed by atoms with Gasteiger partial charge in [-0.15, -0.1) is 13.2 Å². The lowest BCUT2D eigenvalue weighted by Crippen LogP contribution is -2.24. The molecule has 7 heteroatoms. The number of rotatable bonds is 5. The van der Waals surface area contributed by atoms with E-state index in [1.165, 1.54) is 6.07 Å². The average Bonchev–Trinajstić information content (AvgIpc) is 2.30. The smallest absolute Gasteiger partial charge is 0.481 e. The highest BCUT2D eigenvalue weighted by atomic mass is 19.4. The molecular formula is C14H18F3NO3. The van der Waals surface area contributed by atoms with Gasteiger partial charge < -0.3 is 15.6 Å². The Balaban J connectivity index is 3.25. The molecule has 0 spiro atoms. The van der Waals surface area contributed by atoms with Crippen molar-refractivity contribution in [2.45, 2.75) is 33.1 Å². The maximum absolute atomic E-state index is 12.3. The first kappa shape index (κ1) is 17.1. The zero-order valence-corrected chi connectivity index (χ0v) is 11.9. The Kier molecular flexibility index (Phi) is 5.09. The van der Waals surface area contributed by atoms with Gasteiger partial charge >= 0.3 is 12.3 Å². The van der Waals surface area contributed by atoms with Crippen molar-refractivity contribution < 1.29 is 27.8 Å². The standard InChI is InChI=1S/C14H18F3NO3/c1-7(2)8(3)12(13(19)20)10-6-9(4-5-11(10)18)21-14(15,16)17/h4-8,12H,18H2,1-3H3,(H,19,20). The van der Waals surface area contributed by atoms with Crippen molar-refractivity contribution in [3.05, 3.63) is 23.8 Å². The van der Waals surface area contributed by atoms with E-state index in [4.69, 9.17) is 5.73 Å². The van der Waals surface area contributed by atoms with Crippen LogP contribution in [0.3, 0.4) is 0 Å². The first-order chi connectivity index (χ1) is 9.53. The molecule has 0 heterocycles. The summed E-state index contributed by atoms with van der Waals surface area (Å²) in [5.74, 6) is -2.88. The first-order valence-electron chi connectivity index (χ1n) is 6.41. The van der Waals surface area contributed by atoms with Crippen LogP contribution in [0.5, 0.6) is 5.75 Å². The Hall–Kier alpha value is -1.92. The van der Waals surface area contributed by atoms with Crippen LogP contribution in [0.1, 0.15) is 32.3 Å². The molecule has 0 amide bonds. The Morgan fingerprint density at radius 2 is 1.86 bits per heavy atom. The number of hydrogen-bond acceptors (Lipinski definition) is 3. The van der Waals surface area contributed by atoms with Gasteiger partial charge in [0.15, 0.2) is 0 Å². The third-order valence-corrected chi connectivity index (χ3v) is 3.47. The molecular weight excluding hydrogens is 287 g/mol. The Bertz CT molecular complexity index is 515. The van der Waals surface area contributed by atoms with E-state index in [0.29, 0.717) is 0 Å². The van der Waals surface area contributed by atoms with Gasteiger partial charge in [0, 0.05) is 5.69 Å². The van der Waals surface area contributed by atoms with Gasteiger partial charge in [0.25, 0.3) is 0 Å². The van der Waals surface area contributed by atoms with Crippen molar-refractivity contribution in [2.24, 2.45) is 11.8 Å². The quantitative estimate of drug-likeness (QED) is 0.815.